The molecule has 1 aromatic rings. The lowest BCUT2D eigenvalue weighted by molar-refractivity contribution is 0.527. The lowest BCUT2D eigenvalue weighted by Gasteiger charge is -2.06. The molecular weight excluding hydrogens is 116 g/mol. The zero-order chi connectivity index (χ0) is 6.85. The van der Waals surface area contributed by atoms with Crippen LogP contribution in [0.15, 0.2) is 10.8 Å². The largest absolute Gasteiger partial charge is 0.446 e. The highest BCUT2D eigenvalue weighted by Gasteiger charge is 2.02. The van der Waals surface area contributed by atoms with Crippen molar-refractivity contribution in [3.05, 3.63) is 12.2 Å². The first kappa shape index (κ1) is 6.13. The molecule has 0 atom stereocenters. The molecule has 0 aliphatic heterocycles. The molecule has 0 radical (unpaired) electrons. The summed E-state index contributed by atoms with van der Waals surface area (Å²) in [5.41, 5.74) is 0. The fourth-order valence-electron chi connectivity index (χ4n) is 0.729. The number of hydrogen-bond donors (Lipinski definition) is 0. The molecule has 0 bridgehead atoms. The van der Waals surface area contributed by atoms with Crippen LogP contribution in [0.2, 0.25) is 0 Å². The summed E-state index contributed by atoms with van der Waals surface area (Å²) in [6.45, 7) is 1.89. The predicted molar refractivity (Wildman–Crippen MR) is 35.6 cm³/mol. The van der Waals surface area contributed by atoms with Gasteiger partial charge in [-0.2, -0.15) is 4.98 Å². The summed E-state index contributed by atoms with van der Waals surface area (Å²) in [7, 11) is 3.87. The summed E-state index contributed by atoms with van der Waals surface area (Å²) < 4.78 is 4.97. The quantitative estimate of drug-likeness (QED) is 0.563. The molecule has 0 amide bonds. The van der Waals surface area contributed by atoms with E-state index in [-0.39, 0.29) is 0 Å². The predicted octanol–water partition coefficient (Wildman–Crippen LogP) is 1.05. The highest BCUT2D eigenvalue weighted by Crippen LogP contribution is 2.12. The van der Waals surface area contributed by atoms with Gasteiger partial charge in [-0.1, -0.05) is 0 Å². The van der Waals surface area contributed by atoms with Crippen molar-refractivity contribution in [1.29, 1.82) is 0 Å². The van der Waals surface area contributed by atoms with Gasteiger partial charge in [0.1, 0.15) is 5.76 Å². The van der Waals surface area contributed by atoms with Gasteiger partial charge in [-0.15, -0.1) is 0 Å². The lowest BCUT2D eigenvalue weighted by Crippen LogP contribution is -2.09. The molecule has 3 heteroatoms. The molecule has 0 saturated carbocycles. The third-order valence-electron chi connectivity index (χ3n) is 1.14. The molecule has 0 spiro atoms. The minimum absolute atomic E-state index is 0.861. The van der Waals surface area contributed by atoms with E-state index in [9.17, 15) is 0 Å². The van der Waals surface area contributed by atoms with Crippen molar-refractivity contribution < 1.29 is 4.42 Å². The van der Waals surface area contributed by atoms with Crippen molar-refractivity contribution in [3.63, 3.8) is 0 Å². The Labute approximate surface area is 54.3 Å². The van der Waals surface area contributed by atoms with Crippen molar-refractivity contribution in [2.75, 3.05) is 19.0 Å². The van der Waals surface area contributed by atoms with Crippen molar-refractivity contribution in [3.8, 4) is 0 Å². The second-order valence-electron chi connectivity index (χ2n) is 2.13. The highest BCUT2D eigenvalue weighted by atomic mass is 16.3. The molecule has 0 aliphatic carbocycles. The zero-order valence-corrected chi connectivity index (χ0v) is 5.88. The molecule has 0 aromatic carbocycles. The van der Waals surface area contributed by atoms with Gasteiger partial charge in [0.2, 0.25) is 0 Å². The fourth-order valence-corrected chi connectivity index (χ4v) is 0.729. The van der Waals surface area contributed by atoms with Gasteiger partial charge >= 0.3 is 0 Å². The maximum absolute atomic E-state index is 4.97. The molecule has 1 heterocycles. The summed E-state index contributed by atoms with van der Waals surface area (Å²) in [4.78, 5) is 5.89. The van der Waals surface area contributed by atoms with E-state index < -0.39 is 0 Å². The minimum atomic E-state index is 0.861. The van der Waals surface area contributed by atoms with Gasteiger partial charge in [-0.25, -0.2) is 0 Å². The van der Waals surface area contributed by atoms with E-state index in [2.05, 4.69) is 4.98 Å². The molecule has 0 aliphatic rings. The number of anilines is 1. The van der Waals surface area contributed by atoms with E-state index in [0.717, 1.165) is 11.6 Å². The Balaban J connectivity index is 2.94. The number of aromatic nitrogens is 1. The Morgan fingerprint density at radius 3 is 2.44 bits per heavy atom. The standard InChI is InChI=1S/C6H10N2O/c1-5-6(8(2)3)7-4-9-5/h4H,1-3H3. The smallest absolute Gasteiger partial charge is 0.183 e. The topological polar surface area (TPSA) is 29.3 Å². The van der Waals surface area contributed by atoms with Gasteiger partial charge in [0.15, 0.2) is 12.2 Å². The third-order valence-corrected chi connectivity index (χ3v) is 1.14. The second-order valence-corrected chi connectivity index (χ2v) is 2.13. The first-order valence-corrected chi connectivity index (χ1v) is 2.79. The van der Waals surface area contributed by atoms with E-state index in [1.165, 1.54) is 6.39 Å². The molecule has 0 saturated heterocycles. The average Bonchev–Trinajstić information content (AvgIpc) is 2.13. The maximum Gasteiger partial charge on any atom is 0.183 e. The summed E-state index contributed by atoms with van der Waals surface area (Å²) in [6.07, 6.45) is 1.45. The van der Waals surface area contributed by atoms with Crippen molar-refractivity contribution in [2.45, 2.75) is 6.92 Å². The van der Waals surface area contributed by atoms with Crippen LogP contribution in [0.25, 0.3) is 0 Å². The van der Waals surface area contributed by atoms with Crippen LogP contribution >= 0.6 is 0 Å². The van der Waals surface area contributed by atoms with Gasteiger partial charge in [0, 0.05) is 14.1 Å². The van der Waals surface area contributed by atoms with E-state index in [1.807, 2.05) is 25.9 Å². The van der Waals surface area contributed by atoms with Gasteiger partial charge < -0.3 is 9.32 Å². The Morgan fingerprint density at radius 1 is 1.56 bits per heavy atom. The number of rotatable bonds is 1. The summed E-state index contributed by atoms with van der Waals surface area (Å²) in [6, 6.07) is 0. The molecule has 1 aromatic heterocycles. The summed E-state index contributed by atoms with van der Waals surface area (Å²) in [5, 5.41) is 0. The van der Waals surface area contributed by atoms with Gasteiger partial charge in [-0.3, -0.25) is 0 Å². The molecule has 50 valence electrons. The highest BCUT2D eigenvalue weighted by molar-refractivity contribution is 5.38. The lowest BCUT2D eigenvalue weighted by atomic mass is 10.5. The Kier molecular flexibility index (Phi) is 1.42. The molecule has 1 rings (SSSR count). The van der Waals surface area contributed by atoms with Crippen molar-refractivity contribution in [1.82, 2.24) is 4.98 Å². The first-order chi connectivity index (χ1) is 4.22. The number of oxazole rings is 1. The van der Waals surface area contributed by atoms with E-state index in [1.54, 1.807) is 0 Å². The van der Waals surface area contributed by atoms with E-state index >= 15 is 0 Å². The van der Waals surface area contributed by atoms with Crippen LogP contribution < -0.4 is 4.90 Å². The van der Waals surface area contributed by atoms with Crippen molar-refractivity contribution >= 4 is 5.82 Å². The molecule has 9 heavy (non-hydrogen) atoms. The molecule has 3 nitrogen and oxygen atoms in total. The first-order valence-electron chi connectivity index (χ1n) is 2.79. The Bertz CT molecular complexity index is 193. The van der Waals surface area contributed by atoms with Crippen LogP contribution in [-0.2, 0) is 0 Å². The van der Waals surface area contributed by atoms with E-state index in [0.29, 0.717) is 0 Å². The fraction of sp³-hybridized carbons (Fsp3) is 0.500. The number of hydrogen-bond acceptors (Lipinski definition) is 3. The maximum atomic E-state index is 4.97. The second kappa shape index (κ2) is 2.09. The summed E-state index contributed by atoms with van der Waals surface area (Å²) >= 11 is 0. The Hall–Kier alpha value is -0.990. The molecule has 0 fully saturated rings. The van der Waals surface area contributed by atoms with Crippen molar-refractivity contribution in [2.24, 2.45) is 0 Å². The van der Waals surface area contributed by atoms with Gasteiger partial charge in [0.05, 0.1) is 0 Å². The average molecular weight is 126 g/mol. The minimum Gasteiger partial charge on any atom is -0.446 e. The normalized spacial score (nSPS) is 9.67. The van der Waals surface area contributed by atoms with Gasteiger partial charge in [0.25, 0.3) is 0 Å². The van der Waals surface area contributed by atoms with Crippen LogP contribution in [0.5, 0.6) is 0 Å². The number of aryl methyl sites for hydroxylation is 1. The van der Waals surface area contributed by atoms with Crippen LogP contribution in [0.3, 0.4) is 0 Å². The van der Waals surface area contributed by atoms with Crippen LogP contribution in [0, 0.1) is 6.92 Å². The molecule has 0 N–H and O–H groups in total. The Morgan fingerprint density at radius 2 is 2.22 bits per heavy atom. The summed E-state index contributed by atoms with van der Waals surface area (Å²) in [5.74, 6) is 1.76. The zero-order valence-electron chi connectivity index (χ0n) is 5.88. The SMILES string of the molecule is Cc1ocnc1N(C)C. The van der Waals surface area contributed by atoms with Crippen LogP contribution in [0.1, 0.15) is 5.76 Å². The number of nitrogens with zero attached hydrogens (tertiary/aromatic N) is 2. The molecular formula is C6H10N2O. The third kappa shape index (κ3) is 1.04. The molecule has 0 unspecified atom stereocenters. The monoisotopic (exact) mass is 126 g/mol. The van der Waals surface area contributed by atoms with Gasteiger partial charge in [-0.05, 0) is 6.92 Å². The van der Waals surface area contributed by atoms with Crippen LogP contribution in [0.4, 0.5) is 5.82 Å². The van der Waals surface area contributed by atoms with E-state index in [4.69, 9.17) is 4.42 Å². The van der Waals surface area contributed by atoms with Crippen LogP contribution in [-0.4, -0.2) is 19.1 Å².